The van der Waals surface area contributed by atoms with E-state index < -0.39 is 0 Å². The van der Waals surface area contributed by atoms with Gasteiger partial charge in [0.05, 0.1) is 6.54 Å². The van der Waals surface area contributed by atoms with Crippen LogP contribution in [0.4, 0.5) is 0 Å². The lowest BCUT2D eigenvalue weighted by atomic mass is 10.1. The molecule has 1 amide bonds. The summed E-state index contributed by atoms with van der Waals surface area (Å²) in [4.78, 5) is 11.3. The van der Waals surface area contributed by atoms with Crippen molar-refractivity contribution in [3.8, 4) is 0 Å². The summed E-state index contributed by atoms with van der Waals surface area (Å²) in [7, 11) is 0. The van der Waals surface area contributed by atoms with Crippen molar-refractivity contribution in [2.24, 2.45) is 0 Å². The second kappa shape index (κ2) is 14.2. The van der Waals surface area contributed by atoms with Gasteiger partial charge in [-0.3, -0.25) is 4.79 Å². The summed E-state index contributed by atoms with van der Waals surface area (Å²) in [5.74, 6) is -0.0492. The van der Waals surface area contributed by atoms with Gasteiger partial charge in [0.2, 0.25) is 5.91 Å². The van der Waals surface area contributed by atoms with Gasteiger partial charge in [0, 0.05) is 13.0 Å². The second-order valence-corrected chi connectivity index (χ2v) is 4.56. The van der Waals surface area contributed by atoms with Crippen molar-refractivity contribution in [3.63, 3.8) is 0 Å². The molecule has 0 unspecified atom stereocenters. The third kappa shape index (κ3) is 13.2. The Morgan fingerprint density at radius 3 is 2.61 bits per heavy atom. The van der Waals surface area contributed by atoms with Gasteiger partial charge in [-0.1, -0.05) is 45.1 Å². The number of nitrogens with two attached hydrogens (primary N) is 1. The summed E-state index contributed by atoms with van der Waals surface area (Å²) in [6.45, 7) is 3.32. The van der Waals surface area contributed by atoms with Crippen molar-refractivity contribution in [2.45, 2.75) is 58.3 Å². The summed E-state index contributed by atoms with van der Waals surface area (Å²) < 4.78 is 0. The van der Waals surface area contributed by atoms with E-state index in [0.29, 0.717) is 13.1 Å². The molecule has 0 atom stereocenters. The zero-order valence-corrected chi connectivity index (χ0v) is 11.6. The van der Waals surface area contributed by atoms with Gasteiger partial charge in [-0.25, -0.2) is 0 Å². The lowest BCUT2D eigenvalue weighted by molar-refractivity contribution is -0.588. The summed E-state index contributed by atoms with van der Waals surface area (Å²) in [5, 5.41) is 12.8. The van der Waals surface area contributed by atoms with E-state index in [1.165, 1.54) is 38.5 Å². The molecule has 4 nitrogen and oxygen atoms in total. The standard InChI is InChI=1S/C14H28N2O2/c1-2-3-4-5-6-7-8-9-11-14(17)15-12-10-13-16-18/h9,11H,2-8,10,12-13,16H2,1H3,(H,15,17). The molecular weight excluding hydrogens is 228 g/mol. The maximum absolute atomic E-state index is 11.3. The van der Waals surface area contributed by atoms with E-state index in [-0.39, 0.29) is 5.91 Å². The molecule has 0 aliphatic rings. The molecule has 0 radical (unpaired) electrons. The Hall–Kier alpha value is -0.870. The number of quaternary nitrogens is 1. The minimum atomic E-state index is -0.0492. The molecule has 106 valence electrons. The molecule has 0 aliphatic heterocycles. The van der Waals surface area contributed by atoms with Crippen LogP contribution >= 0.6 is 0 Å². The van der Waals surface area contributed by atoms with Crippen molar-refractivity contribution in [2.75, 3.05) is 13.1 Å². The molecule has 0 aromatic heterocycles. The average Bonchev–Trinajstić information content (AvgIpc) is 2.38. The maximum Gasteiger partial charge on any atom is 0.243 e. The number of unbranched alkanes of at least 4 members (excludes halogenated alkanes) is 6. The van der Waals surface area contributed by atoms with Crippen LogP contribution in [0.2, 0.25) is 0 Å². The highest BCUT2D eigenvalue weighted by molar-refractivity contribution is 5.87. The second-order valence-electron chi connectivity index (χ2n) is 4.56. The van der Waals surface area contributed by atoms with E-state index in [4.69, 9.17) is 0 Å². The lowest BCUT2D eigenvalue weighted by Crippen LogP contribution is -2.77. The number of carbonyl (C=O) groups is 1. The Balaban J connectivity index is 3.27. The number of carbonyl (C=O) groups excluding carboxylic acids is 1. The van der Waals surface area contributed by atoms with Crippen molar-refractivity contribution >= 4 is 5.91 Å². The number of hydroxylamine groups is 1. The number of amides is 1. The van der Waals surface area contributed by atoms with Crippen LogP contribution in [-0.2, 0) is 4.79 Å². The molecule has 0 spiro atoms. The fourth-order valence-corrected chi connectivity index (χ4v) is 1.69. The fourth-order valence-electron chi connectivity index (χ4n) is 1.69. The van der Waals surface area contributed by atoms with Gasteiger partial charge in [0.25, 0.3) is 0 Å². The Bertz CT molecular complexity index is 218. The first-order chi connectivity index (χ1) is 8.81. The molecule has 0 fully saturated rings. The zero-order chi connectivity index (χ0) is 13.5. The van der Waals surface area contributed by atoms with Gasteiger partial charge < -0.3 is 16.0 Å². The molecule has 0 heterocycles. The largest absolute Gasteiger partial charge is 0.636 e. The van der Waals surface area contributed by atoms with Crippen molar-refractivity contribution < 1.29 is 10.3 Å². The van der Waals surface area contributed by atoms with E-state index in [2.05, 4.69) is 12.2 Å². The smallest absolute Gasteiger partial charge is 0.243 e. The average molecular weight is 256 g/mol. The molecule has 0 aromatic rings. The van der Waals surface area contributed by atoms with Crippen LogP contribution in [0.25, 0.3) is 0 Å². The van der Waals surface area contributed by atoms with Crippen LogP contribution in [0.1, 0.15) is 58.3 Å². The first kappa shape index (κ1) is 17.1. The van der Waals surface area contributed by atoms with Crippen LogP contribution < -0.4 is 10.8 Å². The fraction of sp³-hybridized carbons (Fsp3) is 0.786. The van der Waals surface area contributed by atoms with Crippen molar-refractivity contribution in [1.82, 2.24) is 5.32 Å². The minimum absolute atomic E-state index is 0.0492. The van der Waals surface area contributed by atoms with Crippen LogP contribution in [0.5, 0.6) is 0 Å². The number of hydrogen-bond acceptors (Lipinski definition) is 2. The Labute approximate surface area is 111 Å². The van der Waals surface area contributed by atoms with Crippen LogP contribution in [-0.4, -0.2) is 19.0 Å². The van der Waals surface area contributed by atoms with Crippen LogP contribution in [0.15, 0.2) is 12.2 Å². The Morgan fingerprint density at radius 2 is 1.89 bits per heavy atom. The zero-order valence-electron chi connectivity index (χ0n) is 11.6. The quantitative estimate of drug-likeness (QED) is 0.318. The van der Waals surface area contributed by atoms with Crippen LogP contribution in [0.3, 0.4) is 0 Å². The monoisotopic (exact) mass is 256 g/mol. The Morgan fingerprint density at radius 1 is 1.17 bits per heavy atom. The topological polar surface area (TPSA) is 68.8 Å². The van der Waals surface area contributed by atoms with Gasteiger partial charge >= 0.3 is 0 Å². The summed E-state index contributed by atoms with van der Waals surface area (Å²) in [6, 6.07) is 0. The van der Waals surface area contributed by atoms with E-state index >= 15 is 0 Å². The highest BCUT2D eigenvalue weighted by Gasteiger charge is 1.94. The molecule has 18 heavy (non-hydrogen) atoms. The SMILES string of the molecule is CCCCCCCCC=CC(=O)NCCC[NH2+][O-]. The first-order valence-corrected chi connectivity index (χ1v) is 7.19. The van der Waals surface area contributed by atoms with Crippen molar-refractivity contribution in [3.05, 3.63) is 17.4 Å². The van der Waals surface area contributed by atoms with E-state index in [1.807, 2.05) is 6.08 Å². The summed E-state index contributed by atoms with van der Waals surface area (Å²) >= 11 is 0. The molecule has 0 aromatic carbocycles. The van der Waals surface area contributed by atoms with Gasteiger partial charge in [0.1, 0.15) is 0 Å². The number of rotatable bonds is 12. The molecule has 0 rings (SSSR count). The van der Waals surface area contributed by atoms with Gasteiger partial charge in [-0.05, 0) is 18.9 Å². The third-order valence-electron chi connectivity index (χ3n) is 2.79. The summed E-state index contributed by atoms with van der Waals surface area (Å²) in [5.41, 5.74) is 0.876. The molecule has 0 bridgehead atoms. The van der Waals surface area contributed by atoms with Gasteiger partial charge in [-0.2, -0.15) is 0 Å². The number of allylic oxidation sites excluding steroid dienone is 1. The maximum atomic E-state index is 11.3. The normalized spacial score (nSPS) is 11.0. The third-order valence-corrected chi connectivity index (χ3v) is 2.79. The van der Waals surface area contributed by atoms with Crippen molar-refractivity contribution in [1.29, 1.82) is 0 Å². The predicted octanol–water partition coefficient (Wildman–Crippen LogP) is 1.86. The minimum Gasteiger partial charge on any atom is -0.636 e. The first-order valence-electron chi connectivity index (χ1n) is 7.19. The molecule has 3 N–H and O–H groups in total. The number of nitrogens with one attached hydrogen (secondary N) is 1. The molecule has 0 saturated carbocycles. The molecular formula is C14H28N2O2. The predicted molar refractivity (Wildman–Crippen MR) is 74.9 cm³/mol. The molecule has 0 saturated heterocycles. The Kier molecular flexibility index (Phi) is 13.5. The van der Waals surface area contributed by atoms with E-state index in [1.54, 1.807) is 6.08 Å². The van der Waals surface area contributed by atoms with Crippen LogP contribution in [0, 0.1) is 5.21 Å². The van der Waals surface area contributed by atoms with E-state index in [9.17, 15) is 10.0 Å². The van der Waals surface area contributed by atoms with E-state index in [0.717, 1.165) is 18.3 Å². The number of hydrogen-bond donors (Lipinski definition) is 2. The van der Waals surface area contributed by atoms with Gasteiger partial charge in [-0.15, -0.1) is 0 Å². The van der Waals surface area contributed by atoms with Gasteiger partial charge in [0.15, 0.2) is 0 Å². The summed E-state index contributed by atoms with van der Waals surface area (Å²) in [6.07, 6.45) is 12.9. The highest BCUT2D eigenvalue weighted by Crippen LogP contribution is 2.06. The molecule has 4 heteroatoms. The molecule has 0 aliphatic carbocycles. The highest BCUT2D eigenvalue weighted by atomic mass is 16.5. The lowest BCUT2D eigenvalue weighted by Gasteiger charge is -2.02.